The highest BCUT2D eigenvalue weighted by Gasteiger charge is 2.29. The average molecular weight is 305 g/mol. The number of carbonyl (C=O) groups is 2. The lowest BCUT2D eigenvalue weighted by Gasteiger charge is -2.26. The Hall–Kier alpha value is -1.75. The van der Waals surface area contributed by atoms with E-state index in [1.807, 2.05) is 23.1 Å². The minimum absolute atomic E-state index is 0.115. The fraction of sp³-hybridized carbons (Fsp3) is 0.438. The second kappa shape index (κ2) is 7.31. The number of hydrogen-bond donors (Lipinski definition) is 1. The van der Waals surface area contributed by atoms with Crippen LogP contribution in [0.5, 0.6) is 0 Å². The number of thiocarbonyl (C=S) groups is 1. The standard InChI is InChI=1S/C16H19NO3S/c18-14(19)10-4-8-13-9-5-11-17(13)16(21)15(20)12-6-2-1-3-7-12/h1-3,6-7,13H,4-5,8-11H2,(H,18,19). The van der Waals surface area contributed by atoms with Crippen LogP contribution in [0.3, 0.4) is 0 Å². The third kappa shape index (κ3) is 4.11. The monoisotopic (exact) mass is 305 g/mol. The van der Waals surface area contributed by atoms with Gasteiger partial charge in [-0.25, -0.2) is 0 Å². The van der Waals surface area contributed by atoms with E-state index in [0.717, 1.165) is 25.8 Å². The number of carbonyl (C=O) groups excluding carboxylic acids is 1. The summed E-state index contributed by atoms with van der Waals surface area (Å²) in [5, 5.41) is 8.71. The highest BCUT2D eigenvalue weighted by Crippen LogP contribution is 2.23. The van der Waals surface area contributed by atoms with Crippen LogP contribution in [-0.4, -0.2) is 39.3 Å². The molecule has 1 unspecified atom stereocenters. The summed E-state index contributed by atoms with van der Waals surface area (Å²) in [7, 11) is 0. The summed E-state index contributed by atoms with van der Waals surface area (Å²) >= 11 is 5.36. The zero-order chi connectivity index (χ0) is 15.2. The molecule has 1 heterocycles. The van der Waals surface area contributed by atoms with Crippen LogP contribution in [0.25, 0.3) is 0 Å². The van der Waals surface area contributed by atoms with Crippen LogP contribution in [-0.2, 0) is 4.79 Å². The van der Waals surface area contributed by atoms with Crippen LogP contribution < -0.4 is 0 Å². The molecule has 1 aromatic rings. The third-order valence-electron chi connectivity index (χ3n) is 3.80. The van der Waals surface area contributed by atoms with Gasteiger partial charge in [0.25, 0.3) is 0 Å². The maximum absolute atomic E-state index is 12.4. The molecular formula is C16H19NO3S. The van der Waals surface area contributed by atoms with Gasteiger partial charge in [-0.2, -0.15) is 0 Å². The first-order chi connectivity index (χ1) is 10.1. The minimum atomic E-state index is -0.775. The van der Waals surface area contributed by atoms with E-state index in [0.29, 0.717) is 17.0 Å². The van der Waals surface area contributed by atoms with E-state index >= 15 is 0 Å². The van der Waals surface area contributed by atoms with Crippen molar-refractivity contribution in [3.63, 3.8) is 0 Å². The van der Waals surface area contributed by atoms with Gasteiger partial charge in [0, 0.05) is 24.6 Å². The molecular weight excluding hydrogens is 286 g/mol. The Labute approximate surface area is 129 Å². The van der Waals surface area contributed by atoms with E-state index in [-0.39, 0.29) is 18.2 Å². The molecule has 0 aromatic heterocycles. The smallest absolute Gasteiger partial charge is 0.303 e. The Morgan fingerprint density at radius 2 is 2.00 bits per heavy atom. The first kappa shape index (κ1) is 15.6. The van der Waals surface area contributed by atoms with E-state index in [4.69, 9.17) is 17.3 Å². The molecule has 112 valence electrons. The number of Topliss-reactive ketones (excluding diaryl/α,β-unsaturated/α-hetero) is 1. The number of rotatable bonds is 6. The highest BCUT2D eigenvalue weighted by molar-refractivity contribution is 7.82. The van der Waals surface area contributed by atoms with Crippen molar-refractivity contribution in [1.29, 1.82) is 0 Å². The van der Waals surface area contributed by atoms with Crippen LogP contribution >= 0.6 is 12.2 Å². The normalized spacial score (nSPS) is 17.7. The molecule has 1 saturated heterocycles. The summed E-state index contributed by atoms with van der Waals surface area (Å²) < 4.78 is 0. The lowest BCUT2D eigenvalue weighted by Crippen LogP contribution is -2.38. The van der Waals surface area contributed by atoms with Gasteiger partial charge in [0.2, 0.25) is 5.78 Å². The number of hydrogen-bond acceptors (Lipinski definition) is 3. The van der Waals surface area contributed by atoms with Crippen molar-refractivity contribution in [2.24, 2.45) is 0 Å². The van der Waals surface area contributed by atoms with Crippen molar-refractivity contribution in [2.45, 2.75) is 38.1 Å². The fourth-order valence-electron chi connectivity index (χ4n) is 2.74. The van der Waals surface area contributed by atoms with Crippen LogP contribution in [0.15, 0.2) is 30.3 Å². The van der Waals surface area contributed by atoms with Crippen molar-refractivity contribution in [2.75, 3.05) is 6.54 Å². The van der Waals surface area contributed by atoms with E-state index in [1.165, 1.54) is 0 Å². The Morgan fingerprint density at radius 3 is 2.67 bits per heavy atom. The van der Waals surface area contributed by atoms with Gasteiger partial charge in [-0.3, -0.25) is 9.59 Å². The van der Waals surface area contributed by atoms with Crippen molar-refractivity contribution in [1.82, 2.24) is 4.90 Å². The maximum atomic E-state index is 12.4. The van der Waals surface area contributed by atoms with Gasteiger partial charge in [0.05, 0.1) is 0 Å². The van der Waals surface area contributed by atoms with Crippen molar-refractivity contribution in [3.8, 4) is 0 Å². The molecule has 0 saturated carbocycles. The van der Waals surface area contributed by atoms with Crippen LogP contribution in [0.4, 0.5) is 0 Å². The molecule has 1 aromatic carbocycles. The van der Waals surface area contributed by atoms with Crippen LogP contribution in [0.2, 0.25) is 0 Å². The second-order valence-corrected chi connectivity index (χ2v) is 5.66. The summed E-state index contributed by atoms with van der Waals surface area (Å²) in [5.41, 5.74) is 0.610. The van der Waals surface area contributed by atoms with Gasteiger partial charge < -0.3 is 10.0 Å². The van der Waals surface area contributed by atoms with Crippen LogP contribution in [0.1, 0.15) is 42.5 Å². The average Bonchev–Trinajstić information content (AvgIpc) is 2.94. The predicted octanol–water partition coefficient (Wildman–Crippen LogP) is 2.92. The van der Waals surface area contributed by atoms with E-state index < -0.39 is 5.97 Å². The SMILES string of the molecule is O=C(O)CCCC1CCCN1C(=S)C(=O)c1ccccc1. The number of aliphatic carboxylic acids is 1. The summed E-state index contributed by atoms with van der Waals surface area (Å²) in [6.45, 7) is 0.787. The number of ketones is 1. The zero-order valence-corrected chi connectivity index (χ0v) is 12.6. The molecule has 0 bridgehead atoms. The number of benzene rings is 1. The Kier molecular flexibility index (Phi) is 5.44. The molecule has 0 radical (unpaired) electrons. The van der Waals surface area contributed by atoms with Gasteiger partial charge in [-0.05, 0) is 25.7 Å². The third-order valence-corrected chi connectivity index (χ3v) is 4.22. The summed E-state index contributed by atoms with van der Waals surface area (Å²) in [4.78, 5) is 25.3. The topological polar surface area (TPSA) is 57.6 Å². The number of carboxylic acids is 1. The first-order valence-electron chi connectivity index (χ1n) is 7.21. The Morgan fingerprint density at radius 1 is 1.29 bits per heavy atom. The molecule has 1 atom stereocenters. The van der Waals surface area contributed by atoms with Gasteiger partial charge in [-0.1, -0.05) is 42.5 Å². The largest absolute Gasteiger partial charge is 0.481 e. The van der Waals surface area contributed by atoms with E-state index in [9.17, 15) is 9.59 Å². The molecule has 2 rings (SSSR count). The molecule has 4 nitrogen and oxygen atoms in total. The molecule has 0 aliphatic carbocycles. The van der Waals surface area contributed by atoms with Gasteiger partial charge >= 0.3 is 5.97 Å². The molecule has 0 amide bonds. The number of nitrogens with zero attached hydrogens (tertiary/aromatic N) is 1. The van der Waals surface area contributed by atoms with E-state index in [2.05, 4.69) is 0 Å². The van der Waals surface area contributed by atoms with Crippen molar-refractivity contribution < 1.29 is 14.7 Å². The maximum Gasteiger partial charge on any atom is 0.303 e. The number of carboxylic acid groups (broad SMARTS) is 1. The van der Waals surface area contributed by atoms with Gasteiger partial charge in [0.1, 0.15) is 0 Å². The Bertz CT molecular complexity index is 530. The lowest BCUT2D eigenvalue weighted by atomic mass is 10.1. The van der Waals surface area contributed by atoms with E-state index in [1.54, 1.807) is 12.1 Å². The second-order valence-electron chi connectivity index (χ2n) is 5.28. The molecule has 1 aliphatic heterocycles. The molecule has 0 spiro atoms. The van der Waals surface area contributed by atoms with Crippen LogP contribution in [0, 0.1) is 0 Å². The molecule has 1 fully saturated rings. The highest BCUT2D eigenvalue weighted by atomic mass is 32.1. The molecule has 5 heteroatoms. The van der Waals surface area contributed by atoms with Gasteiger partial charge in [-0.15, -0.1) is 0 Å². The quantitative estimate of drug-likeness (QED) is 0.647. The van der Waals surface area contributed by atoms with Gasteiger partial charge in [0.15, 0.2) is 4.99 Å². The lowest BCUT2D eigenvalue weighted by molar-refractivity contribution is -0.137. The Balaban J connectivity index is 1.97. The molecule has 1 aliphatic rings. The number of likely N-dealkylation sites (tertiary alicyclic amines) is 1. The molecule has 1 N–H and O–H groups in total. The van der Waals surface area contributed by atoms with Crippen molar-refractivity contribution >= 4 is 29.0 Å². The summed E-state index contributed by atoms with van der Waals surface area (Å²) in [5.74, 6) is -0.891. The zero-order valence-electron chi connectivity index (χ0n) is 11.8. The summed E-state index contributed by atoms with van der Waals surface area (Å²) in [6.07, 6.45) is 3.54. The fourth-order valence-corrected chi connectivity index (χ4v) is 3.09. The van der Waals surface area contributed by atoms with Crippen molar-refractivity contribution in [3.05, 3.63) is 35.9 Å². The molecule has 21 heavy (non-hydrogen) atoms. The first-order valence-corrected chi connectivity index (χ1v) is 7.62. The predicted molar refractivity (Wildman–Crippen MR) is 84.6 cm³/mol. The summed E-state index contributed by atoms with van der Waals surface area (Å²) in [6, 6.07) is 9.25. The minimum Gasteiger partial charge on any atom is -0.481 e.